The molecule has 0 amide bonds. The molecule has 0 saturated carbocycles. The van der Waals surface area contributed by atoms with Crippen LogP contribution in [0, 0.1) is 6.92 Å². The summed E-state index contributed by atoms with van der Waals surface area (Å²) in [5.41, 5.74) is 1.40. The smallest absolute Gasteiger partial charge is 0.224 e. The van der Waals surface area contributed by atoms with Crippen molar-refractivity contribution in [3.8, 4) is 0 Å². The highest BCUT2D eigenvalue weighted by Crippen LogP contribution is 2.66. The topological polar surface area (TPSA) is 54.4 Å². The molecule has 0 bridgehead atoms. The van der Waals surface area contributed by atoms with Crippen molar-refractivity contribution in [2.24, 2.45) is 4.99 Å². The van der Waals surface area contributed by atoms with Crippen LogP contribution in [-0.4, -0.2) is 28.8 Å². The molecule has 3 aromatic carbocycles. The fourth-order valence-electron chi connectivity index (χ4n) is 4.59. The minimum absolute atomic E-state index is 0.375. The lowest BCUT2D eigenvalue weighted by Gasteiger charge is -2.25. The average molecular weight is 414 g/mol. The van der Waals surface area contributed by atoms with E-state index in [4.69, 9.17) is 14.5 Å². The molecule has 2 atom stereocenters. The highest BCUT2D eigenvalue weighted by atomic mass is 16.7. The van der Waals surface area contributed by atoms with E-state index in [1.54, 1.807) is 0 Å². The third-order valence-electron chi connectivity index (χ3n) is 6.22. The van der Waals surface area contributed by atoms with Crippen LogP contribution in [0.3, 0.4) is 0 Å². The molecule has 2 aliphatic rings. The number of epoxide rings is 1. The molecule has 0 aromatic heterocycles. The van der Waals surface area contributed by atoms with E-state index in [2.05, 4.69) is 0 Å². The summed E-state index contributed by atoms with van der Waals surface area (Å²) in [6, 6.07) is 28.0. The van der Waals surface area contributed by atoms with Crippen molar-refractivity contribution < 1.29 is 14.6 Å². The van der Waals surface area contributed by atoms with Crippen LogP contribution in [0.2, 0.25) is 0 Å². The van der Waals surface area contributed by atoms with Gasteiger partial charge < -0.3 is 14.6 Å². The molecule has 0 unspecified atom stereocenters. The standard InChI is InChI=1S/C27H27NO3/c1-19-14-16-20(17-15-19)23(29)27(24-28-25(2,3)18-30-24)26(31-27,21-10-6-4-7-11-21)22-12-8-5-9-13-22/h4-17,23,29H,18H2,1-3H3/t23-,27-/m1/s1. The number of benzene rings is 3. The molecule has 1 N–H and O–H groups in total. The van der Waals surface area contributed by atoms with Gasteiger partial charge in [-0.2, -0.15) is 0 Å². The lowest BCUT2D eigenvalue weighted by molar-refractivity contribution is 0.0958. The fourth-order valence-corrected chi connectivity index (χ4v) is 4.59. The second-order valence-electron chi connectivity index (χ2n) is 9.08. The summed E-state index contributed by atoms with van der Waals surface area (Å²) in [5.74, 6) is 0.457. The van der Waals surface area contributed by atoms with Gasteiger partial charge in [0.15, 0.2) is 5.60 Å². The van der Waals surface area contributed by atoms with E-state index < -0.39 is 17.3 Å². The highest BCUT2D eigenvalue weighted by molar-refractivity contribution is 5.94. The van der Waals surface area contributed by atoms with Gasteiger partial charge in [-0.15, -0.1) is 0 Å². The molecule has 4 nitrogen and oxygen atoms in total. The molecule has 3 aromatic rings. The summed E-state index contributed by atoms with van der Waals surface area (Å²) in [6.07, 6.45) is -0.957. The van der Waals surface area contributed by atoms with Gasteiger partial charge >= 0.3 is 0 Å². The van der Waals surface area contributed by atoms with Gasteiger partial charge in [0.25, 0.3) is 0 Å². The van der Waals surface area contributed by atoms with Crippen LogP contribution >= 0.6 is 0 Å². The monoisotopic (exact) mass is 413 g/mol. The number of hydrogen-bond donors (Lipinski definition) is 1. The number of aliphatic hydroxyl groups is 1. The zero-order valence-electron chi connectivity index (χ0n) is 18.1. The van der Waals surface area contributed by atoms with Crippen LogP contribution < -0.4 is 0 Å². The molecular weight excluding hydrogens is 386 g/mol. The Morgan fingerprint density at radius 1 is 0.839 bits per heavy atom. The molecule has 158 valence electrons. The summed E-state index contributed by atoms with van der Waals surface area (Å²) in [5, 5.41) is 11.8. The van der Waals surface area contributed by atoms with E-state index in [1.165, 1.54) is 0 Å². The summed E-state index contributed by atoms with van der Waals surface area (Å²) >= 11 is 0. The quantitative estimate of drug-likeness (QED) is 0.602. The van der Waals surface area contributed by atoms with E-state index in [-0.39, 0.29) is 5.54 Å². The van der Waals surface area contributed by atoms with E-state index >= 15 is 0 Å². The van der Waals surface area contributed by atoms with Crippen LogP contribution in [0.1, 0.15) is 42.2 Å². The molecule has 2 aliphatic heterocycles. The molecular formula is C27H27NO3. The molecule has 1 fully saturated rings. The molecule has 4 heteroatoms. The number of rotatable bonds is 5. The van der Waals surface area contributed by atoms with Gasteiger partial charge in [-0.3, -0.25) is 0 Å². The summed E-state index contributed by atoms with van der Waals surface area (Å²) < 4.78 is 12.8. The first kappa shape index (κ1) is 20.0. The van der Waals surface area contributed by atoms with Crippen LogP contribution in [0.25, 0.3) is 0 Å². The summed E-state index contributed by atoms with van der Waals surface area (Å²) in [6.45, 7) is 6.54. The van der Waals surface area contributed by atoms with Crippen molar-refractivity contribution in [3.63, 3.8) is 0 Å². The Kier molecular flexibility index (Phi) is 4.54. The Hall–Kier alpha value is -2.95. The number of ether oxygens (including phenoxy) is 2. The van der Waals surface area contributed by atoms with Gasteiger partial charge in [0.2, 0.25) is 11.5 Å². The fraction of sp³-hybridized carbons (Fsp3) is 0.296. The van der Waals surface area contributed by atoms with Gasteiger partial charge in [-0.05, 0) is 37.5 Å². The van der Waals surface area contributed by atoms with Crippen LogP contribution in [0.5, 0.6) is 0 Å². The van der Waals surface area contributed by atoms with Crippen LogP contribution in [0.15, 0.2) is 89.9 Å². The van der Waals surface area contributed by atoms with E-state index in [9.17, 15) is 5.11 Å². The first-order chi connectivity index (χ1) is 14.9. The third kappa shape index (κ3) is 3.01. The number of hydrogen-bond acceptors (Lipinski definition) is 4. The van der Waals surface area contributed by atoms with E-state index in [0.717, 1.165) is 22.3 Å². The second kappa shape index (κ2) is 7.04. The molecule has 0 spiro atoms. The minimum atomic E-state index is -1.15. The zero-order chi connectivity index (χ0) is 21.7. The van der Waals surface area contributed by atoms with Crippen molar-refractivity contribution in [1.82, 2.24) is 0 Å². The van der Waals surface area contributed by atoms with Gasteiger partial charge in [-0.1, -0.05) is 90.5 Å². The predicted octanol–water partition coefficient (Wildman–Crippen LogP) is 4.95. The minimum Gasteiger partial charge on any atom is -0.476 e. The Balaban J connectivity index is 1.74. The third-order valence-corrected chi connectivity index (χ3v) is 6.22. The second-order valence-corrected chi connectivity index (χ2v) is 9.08. The van der Waals surface area contributed by atoms with E-state index in [1.807, 2.05) is 106 Å². The molecule has 1 saturated heterocycles. The summed E-state index contributed by atoms with van der Waals surface area (Å²) in [7, 11) is 0. The zero-order valence-corrected chi connectivity index (χ0v) is 18.1. The van der Waals surface area contributed by atoms with Gasteiger partial charge in [0.05, 0.1) is 5.54 Å². The van der Waals surface area contributed by atoms with Gasteiger partial charge in [0.1, 0.15) is 12.7 Å². The van der Waals surface area contributed by atoms with Crippen LogP contribution in [-0.2, 0) is 15.1 Å². The Labute approximate surface area is 183 Å². The maximum absolute atomic E-state index is 11.8. The van der Waals surface area contributed by atoms with E-state index in [0.29, 0.717) is 12.5 Å². The van der Waals surface area contributed by atoms with Crippen molar-refractivity contribution in [2.45, 2.75) is 43.6 Å². The first-order valence-electron chi connectivity index (χ1n) is 10.7. The lowest BCUT2D eigenvalue weighted by atomic mass is 9.76. The predicted molar refractivity (Wildman–Crippen MR) is 121 cm³/mol. The Morgan fingerprint density at radius 2 is 1.39 bits per heavy atom. The van der Waals surface area contributed by atoms with Gasteiger partial charge in [0, 0.05) is 0 Å². The lowest BCUT2D eigenvalue weighted by Crippen LogP contribution is -2.40. The maximum atomic E-state index is 11.8. The summed E-state index contributed by atoms with van der Waals surface area (Å²) in [4.78, 5) is 4.87. The van der Waals surface area contributed by atoms with Crippen molar-refractivity contribution in [2.75, 3.05) is 6.61 Å². The molecule has 0 radical (unpaired) electrons. The Morgan fingerprint density at radius 3 is 1.87 bits per heavy atom. The molecule has 5 rings (SSSR count). The first-order valence-corrected chi connectivity index (χ1v) is 10.7. The number of nitrogens with zero attached hydrogens (tertiary/aromatic N) is 1. The largest absolute Gasteiger partial charge is 0.476 e. The molecule has 2 heterocycles. The van der Waals surface area contributed by atoms with Crippen molar-refractivity contribution in [3.05, 3.63) is 107 Å². The SMILES string of the molecule is Cc1ccc([C@@H](O)[C@]2(C3=NC(C)(C)CO3)OC2(c2ccccc2)c2ccccc2)cc1. The van der Waals surface area contributed by atoms with Crippen LogP contribution in [0.4, 0.5) is 0 Å². The average Bonchev–Trinajstić information content (AvgIpc) is 3.38. The van der Waals surface area contributed by atoms with Crippen molar-refractivity contribution in [1.29, 1.82) is 0 Å². The van der Waals surface area contributed by atoms with Crippen molar-refractivity contribution >= 4 is 5.90 Å². The van der Waals surface area contributed by atoms with Gasteiger partial charge in [-0.25, -0.2) is 4.99 Å². The number of aliphatic hydroxyl groups excluding tert-OH is 1. The molecule has 31 heavy (non-hydrogen) atoms. The Bertz CT molecular complexity index is 1070. The number of aliphatic imine (C=N–C) groups is 1. The maximum Gasteiger partial charge on any atom is 0.224 e. The number of aryl methyl sites for hydroxylation is 1. The highest BCUT2D eigenvalue weighted by Gasteiger charge is 2.80. The normalized spacial score (nSPS) is 24.2. The molecule has 0 aliphatic carbocycles.